The zero-order chi connectivity index (χ0) is 15.1. The molecule has 0 aliphatic heterocycles. The van der Waals surface area contributed by atoms with Crippen molar-refractivity contribution in [3.63, 3.8) is 0 Å². The van der Waals surface area contributed by atoms with Crippen LogP contribution in [-0.4, -0.2) is 13.7 Å². The fourth-order valence-corrected chi connectivity index (χ4v) is 2.22. The van der Waals surface area contributed by atoms with Crippen LogP contribution in [0.1, 0.15) is 22.3 Å². The third kappa shape index (κ3) is 4.34. The van der Waals surface area contributed by atoms with Crippen molar-refractivity contribution in [3.05, 3.63) is 64.7 Å². The van der Waals surface area contributed by atoms with E-state index < -0.39 is 0 Å². The van der Waals surface area contributed by atoms with E-state index in [2.05, 4.69) is 29.6 Å². The number of aryl methyl sites for hydroxylation is 1. The van der Waals surface area contributed by atoms with E-state index in [0.717, 1.165) is 36.4 Å². The molecule has 2 aromatic rings. The van der Waals surface area contributed by atoms with Gasteiger partial charge in [0.05, 0.1) is 18.7 Å². The zero-order valence-electron chi connectivity index (χ0n) is 12.5. The number of ether oxygens (including phenoxy) is 1. The monoisotopic (exact) mass is 280 g/mol. The van der Waals surface area contributed by atoms with E-state index >= 15 is 0 Å². The first-order valence-electron chi connectivity index (χ1n) is 7.06. The van der Waals surface area contributed by atoms with Crippen molar-refractivity contribution in [2.45, 2.75) is 19.9 Å². The van der Waals surface area contributed by atoms with Crippen molar-refractivity contribution in [2.24, 2.45) is 0 Å². The Morgan fingerprint density at radius 1 is 1.10 bits per heavy atom. The highest BCUT2D eigenvalue weighted by Crippen LogP contribution is 2.12. The average Bonchev–Trinajstić information content (AvgIpc) is 2.52. The lowest BCUT2D eigenvalue weighted by molar-refractivity contribution is 0.414. The molecular weight excluding hydrogens is 260 g/mol. The van der Waals surface area contributed by atoms with Crippen LogP contribution in [0.25, 0.3) is 0 Å². The number of nitrogens with one attached hydrogen (secondary N) is 1. The summed E-state index contributed by atoms with van der Waals surface area (Å²) in [5, 5.41) is 12.3. The maximum Gasteiger partial charge on any atom is 0.118 e. The van der Waals surface area contributed by atoms with Crippen molar-refractivity contribution >= 4 is 0 Å². The topological polar surface area (TPSA) is 45.0 Å². The molecule has 0 amide bonds. The highest BCUT2D eigenvalue weighted by Gasteiger charge is 1.99. The molecule has 0 bridgehead atoms. The van der Waals surface area contributed by atoms with Crippen LogP contribution in [0.5, 0.6) is 5.75 Å². The minimum Gasteiger partial charge on any atom is -0.497 e. The Labute approximate surface area is 126 Å². The van der Waals surface area contributed by atoms with Crippen molar-refractivity contribution in [1.29, 1.82) is 5.26 Å². The number of nitrogens with zero attached hydrogens (tertiary/aromatic N) is 1. The van der Waals surface area contributed by atoms with Crippen LogP contribution < -0.4 is 10.1 Å². The lowest BCUT2D eigenvalue weighted by atomic mass is 10.1. The predicted octanol–water partition coefficient (Wildman–Crippen LogP) is 3.21. The number of hydrogen-bond donors (Lipinski definition) is 1. The standard InChI is InChI=1S/C18H20N2O/c1-14-11-16(3-6-17(14)12-19)13-20-10-9-15-4-7-18(21-2)8-5-15/h3-8,11,20H,9-10,13H2,1-2H3. The average molecular weight is 280 g/mol. The summed E-state index contributed by atoms with van der Waals surface area (Å²) in [6.07, 6.45) is 0.985. The van der Waals surface area contributed by atoms with Gasteiger partial charge in [0, 0.05) is 6.54 Å². The molecule has 21 heavy (non-hydrogen) atoms. The second-order valence-electron chi connectivity index (χ2n) is 5.04. The first-order chi connectivity index (χ1) is 10.2. The molecule has 2 aromatic carbocycles. The van der Waals surface area contributed by atoms with Crippen molar-refractivity contribution in [2.75, 3.05) is 13.7 Å². The quantitative estimate of drug-likeness (QED) is 0.826. The summed E-state index contributed by atoms with van der Waals surface area (Å²) in [5.74, 6) is 0.889. The van der Waals surface area contributed by atoms with Crippen LogP contribution in [0.2, 0.25) is 0 Å². The van der Waals surface area contributed by atoms with Gasteiger partial charge in [-0.2, -0.15) is 5.26 Å². The Hall–Kier alpha value is -2.31. The lowest BCUT2D eigenvalue weighted by Crippen LogP contribution is -2.16. The molecule has 3 nitrogen and oxygen atoms in total. The Morgan fingerprint density at radius 2 is 1.81 bits per heavy atom. The second-order valence-corrected chi connectivity index (χ2v) is 5.04. The van der Waals surface area contributed by atoms with Gasteiger partial charge in [0.2, 0.25) is 0 Å². The smallest absolute Gasteiger partial charge is 0.118 e. The summed E-state index contributed by atoms with van der Waals surface area (Å²) < 4.78 is 5.14. The van der Waals surface area contributed by atoms with Gasteiger partial charge in [-0.1, -0.05) is 24.3 Å². The molecular formula is C18H20N2O. The van der Waals surface area contributed by atoms with Gasteiger partial charge in [-0.05, 0) is 54.8 Å². The summed E-state index contributed by atoms with van der Waals surface area (Å²) in [6, 6.07) is 16.3. The minimum atomic E-state index is 0.747. The minimum absolute atomic E-state index is 0.747. The van der Waals surface area contributed by atoms with Gasteiger partial charge in [-0.3, -0.25) is 0 Å². The Balaban J connectivity index is 1.79. The SMILES string of the molecule is COc1ccc(CCNCc2ccc(C#N)c(C)c2)cc1. The number of benzene rings is 2. The molecule has 0 heterocycles. The van der Waals surface area contributed by atoms with E-state index in [1.54, 1.807) is 7.11 Å². The summed E-state index contributed by atoms with van der Waals surface area (Å²) in [6.45, 7) is 3.72. The number of hydrogen-bond acceptors (Lipinski definition) is 3. The highest BCUT2D eigenvalue weighted by molar-refractivity contribution is 5.39. The summed E-state index contributed by atoms with van der Waals surface area (Å²) in [4.78, 5) is 0. The molecule has 0 saturated heterocycles. The van der Waals surface area contributed by atoms with Gasteiger partial charge in [0.1, 0.15) is 5.75 Å². The van der Waals surface area contributed by atoms with Gasteiger partial charge >= 0.3 is 0 Å². The molecule has 1 N–H and O–H groups in total. The number of rotatable bonds is 6. The second kappa shape index (κ2) is 7.47. The third-order valence-corrected chi connectivity index (χ3v) is 3.49. The van der Waals surface area contributed by atoms with E-state index in [-0.39, 0.29) is 0 Å². The van der Waals surface area contributed by atoms with E-state index in [9.17, 15) is 0 Å². The third-order valence-electron chi connectivity index (χ3n) is 3.49. The van der Waals surface area contributed by atoms with Crippen LogP contribution in [0.3, 0.4) is 0 Å². The van der Waals surface area contributed by atoms with Crippen molar-refractivity contribution < 1.29 is 4.74 Å². The van der Waals surface area contributed by atoms with Crippen LogP contribution in [0, 0.1) is 18.3 Å². The maximum atomic E-state index is 8.91. The zero-order valence-corrected chi connectivity index (χ0v) is 12.5. The lowest BCUT2D eigenvalue weighted by Gasteiger charge is -2.07. The molecule has 108 valence electrons. The molecule has 0 spiro atoms. The Kier molecular flexibility index (Phi) is 5.36. The maximum absolute atomic E-state index is 8.91. The van der Waals surface area contributed by atoms with Gasteiger partial charge < -0.3 is 10.1 Å². The first kappa shape index (κ1) is 15.1. The predicted molar refractivity (Wildman–Crippen MR) is 84.3 cm³/mol. The number of methoxy groups -OCH3 is 1. The van der Waals surface area contributed by atoms with Gasteiger partial charge in [0.25, 0.3) is 0 Å². The van der Waals surface area contributed by atoms with Crippen LogP contribution in [0.15, 0.2) is 42.5 Å². The Bertz CT molecular complexity index is 627. The van der Waals surface area contributed by atoms with E-state index in [1.165, 1.54) is 11.1 Å². The molecule has 0 aliphatic carbocycles. The van der Waals surface area contributed by atoms with Crippen LogP contribution >= 0.6 is 0 Å². The highest BCUT2D eigenvalue weighted by atomic mass is 16.5. The van der Waals surface area contributed by atoms with Gasteiger partial charge in [-0.15, -0.1) is 0 Å². The van der Waals surface area contributed by atoms with E-state index in [4.69, 9.17) is 10.00 Å². The molecule has 0 aliphatic rings. The molecule has 0 aromatic heterocycles. The number of nitriles is 1. The van der Waals surface area contributed by atoms with Gasteiger partial charge in [-0.25, -0.2) is 0 Å². The molecule has 0 unspecified atom stereocenters. The fraction of sp³-hybridized carbons (Fsp3) is 0.278. The summed E-state index contributed by atoms with van der Waals surface area (Å²) in [7, 11) is 1.68. The molecule has 0 atom stereocenters. The normalized spacial score (nSPS) is 10.1. The van der Waals surface area contributed by atoms with Crippen molar-refractivity contribution in [1.82, 2.24) is 5.32 Å². The van der Waals surface area contributed by atoms with Crippen molar-refractivity contribution in [3.8, 4) is 11.8 Å². The summed E-state index contributed by atoms with van der Waals surface area (Å²) >= 11 is 0. The van der Waals surface area contributed by atoms with E-state index in [0.29, 0.717) is 0 Å². The Morgan fingerprint density at radius 3 is 2.43 bits per heavy atom. The van der Waals surface area contributed by atoms with Crippen LogP contribution in [0.4, 0.5) is 0 Å². The molecule has 0 radical (unpaired) electrons. The molecule has 2 rings (SSSR count). The molecule has 3 heteroatoms. The first-order valence-corrected chi connectivity index (χ1v) is 7.06. The largest absolute Gasteiger partial charge is 0.497 e. The fourth-order valence-electron chi connectivity index (χ4n) is 2.22. The molecule has 0 fully saturated rings. The molecule has 0 saturated carbocycles. The summed E-state index contributed by atoms with van der Waals surface area (Å²) in [5.41, 5.74) is 4.28. The van der Waals surface area contributed by atoms with E-state index in [1.807, 2.05) is 31.2 Å². The van der Waals surface area contributed by atoms with Gasteiger partial charge in [0.15, 0.2) is 0 Å². The van der Waals surface area contributed by atoms with Crippen LogP contribution in [-0.2, 0) is 13.0 Å².